The monoisotopic (exact) mass is 337 g/mol. The minimum atomic E-state index is -4.47. The predicted octanol–water partition coefficient (Wildman–Crippen LogP) is 5.12. The van der Waals surface area contributed by atoms with Crippen molar-refractivity contribution in [3.05, 3.63) is 59.1 Å². The van der Waals surface area contributed by atoms with Crippen LogP contribution >= 0.6 is 11.6 Å². The van der Waals surface area contributed by atoms with E-state index in [0.717, 1.165) is 22.9 Å². The number of aromatic nitrogens is 3. The molecule has 118 valence electrons. The highest BCUT2D eigenvalue weighted by Gasteiger charge is 2.33. The van der Waals surface area contributed by atoms with Gasteiger partial charge in [-0.05, 0) is 36.2 Å². The number of H-pyrrole nitrogens is 1. The standard InChI is InChI=1S/C16H11ClF3N3/c1-9-4-11(7-21-6-9)10-2-3-12(13(17)5-10)15-22-8-14(23-15)16(18,19)20/h2-8H,1H3,(H,22,23). The second-order valence-electron chi connectivity index (χ2n) is 5.09. The van der Waals surface area contributed by atoms with Crippen molar-refractivity contribution < 1.29 is 13.2 Å². The van der Waals surface area contributed by atoms with Gasteiger partial charge < -0.3 is 4.98 Å². The first-order chi connectivity index (χ1) is 10.8. The average Bonchev–Trinajstić information content (AvgIpc) is 2.97. The van der Waals surface area contributed by atoms with Gasteiger partial charge in [0.25, 0.3) is 0 Å². The number of aryl methyl sites for hydroxylation is 1. The summed E-state index contributed by atoms with van der Waals surface area (Å²) in [7, 11) is 0. The Bertz CT molecular complexity index is 856. The molecule has 1 aromatic carbocycles. The lowest BCUT2D eigenvalue weighted by atomic mass is 10.0. The third-order valence-corrected chi connectivity index (χ3v) is 3.63. The van der Waals surface area contributed by atoms with Crippen LogP contribution in [0.1, 0.15) is 11.3 Å². The van der Waals surface area contributed by atoms with Crippen molar-refractivity contribution in [1.82, 2.24) is 15.0 Å². The van der Waals surface area contributed by atoms with Crippen LogP contribution in [0.15, 0.2) is 42.9 Å². The van der Waals surface area contributed by atoms with Crippen LogP contribution in [-0.4, -0.2) is 15.0 Å². The molecule has 0 saturated carbocycles. The molecule has 0 aliphatic carbocycles. The molecule has 3 nitrogen and oxygen atoms in total. The van der Waals surface area contributed by atoms with Crippen LogP contribution in [0.5, 0.6) is 0 Å². The minimum Gasteiger partial charge on any atom is -0.334 e. The van der Waals surface area contributed by atoms with Crippen molar-refractivity contribution in [3.63, 3.8) is 0 Å². The van der Waals surface area contributed by atoms with E-state index in [2.05, 4.69) is 15.0 Å². The predicted molar refractivity (Wildman–Crippen MR) is 82.0 cm³/mol. The van der Waals surface area contributed by atoms with Gasteiger partial charge in [-0.15, -0.1) is 0 Å². The summed E-state index contributed by atoms with van der Waals surface area (Å²) >= 11 is 6.22. The third kappa shape index (κ3) is 3.22. The molecule has 2 heterocycles. The van der Waals surface area contributed by atoms with Crippen molar-refractivity contribution in [1.29, 1.82) is 0 Å². The fourth-order valence-corrected chi connectivity index (χ4v) is 2.47. The Balaban J connectivity index is 1.98. The summed E-state index contributed by atoms with van der Waals surface area (Å²) in [6.45, 7) is 1.92. The van der Waals surface area contributed by atoms with Crippen LogP contribution in [-0.2, 0) is 6.18 Å². The van der Waals surface area contributed by atoms with E-state index in [1.54, 1.807) is 30.6 Å². The molecule has 3 aromatic rings. The van der Waals surface area contributed by atoms with Gasteiger partial charge in [-0.25, -0.2) is 4.98 Å². The molecular formula is C16H11ClF3N3. The molecule has 3 rings (SSSR count). The van der Waals surface area contributed by atoms with Gasteiger partial charge in [-0.3, -0.25) is 4.98 Å². The first-order valence-corrected chi connectivity index (χ1v) is 7.06. The molecule has 0 spiro atoms. The number of hydrogen-bond donors (Lipinski definition) is 1. The number of hydrogen-bond acceptors (Lipinski definition) is 2. The Morgan fingerprint density at radius 3 is 2.43 bits per heavy atom. The molecule has 0 bridgehead atoms. The van der Waals surface area contributed by atoms with E-state index in [1.165, 1.54) is 0 Å². The lowest BCUT2D eigenvalue weighted by Crippen LogP contribution is -2.04. The fraction of sp³-hybridized carbons (Fsp3) is 0.125. The van der Waals surface area contributed by atoms with Crippen LogP contribution in [0.3, 0.4) is 0 Å². The van der Waals surface area contributed by atoms with Crippen molar-refractivity contribution in [3.8, 4) is 22.5 Å². The van der Waals surface area contributed by atoms with Gasteiger partial charge in [0.2, 0.25) is 0 Å². The highest BCUT2D eigenvalue weighted by atomic mass is 35.5. The molecule has 0 aliphatic rings. The number of halogens is 4. The molecule has 1 N–H and O–H groups in total. The van der Waals surface area contributed by atoms with Crippen LogP contribution in [0.2, 0.25) is 5.02 Å². The number of pyridine rings is 1. The van der Waals surface area contributed by atoms with Gasteiger partial charge in [-0.1, -0.05) is 17.7 Å². The van der Waals surface area contributed by atoms with Crippen molar-refractivity contribution in [2.75, 3.05) is 0 Å². The number of nitrogens with one attached hydrogen (secondary N) is 1. The summed E-state index contributed by atoms with van der Waals surface area (Å²) in [6.07, 6.45) is -0.275. The summed E-state index contributed by atoms with van der Waals surface area (Å²) < 4.78 is 37.9. The Hall–Kier alpha value is -2.34. The zero-order valence-corrected chi connectivity index (χ0v) is 12.7. The normalized spacial score (nSPS) is 11.7. The topological polar surface area (TPSA) is 41.6 Å². The maximum Gasteiger partial charge on any atom is 0.432 e. The van der Waals surface area contributed by atoms with E-state index in [4.69, 9.17) is 11.6 Å². The van der Waals surface area contributed by atoms with E-state index in [0.29, 0.717) is 10.6 Å². The molecule has 7 heteroatoms. The lowest BCUT2D eigenvalue weighted by Gasteiger charge is -2.07. The molecule has 0 unspecified atom stereocenters. The van der Waals surface area contributed by atoms with Crippen molar-refractivity contribution in [2.45, 2.75) is 13.1 Å². The molecule has 23 heavy (non-hydrogen) atoms. The zero-order chi connectivity index (χ0) is 16.6. The summed E-state index contributed by atoms with van der Waals surface area (Å²) in [5.41, 5.74) is 2.22. The maximum absolute atomic E-state index is 12.6. The summed E-state index contributed by atoms with van der Waals surface area (Å²) in [5.74, 6) is 0.0799. The van der Waals surface area contributed by atoms with E-state index >= 15 is 0 Å². The second-order valence-corrected chi connectivity index (χ2v) is 5.50. The van der Waals surface area contributed by atoms with Gasteiger partial charge in [-0.2, -0.15) is 13.2 Å². The average molecular weight is 338 g/mol. The van der Waals surface area contributed by atoms with E-state index < -0.39 is 11.9 Å². The van der Waals surface area contributed by atoms with Gasteiger partial charge in [0.1, 0.15) is 11.5 Å². The minimum absolute atomic E-state index is 0.0799. The first-order valence-electron chi connectivity index (χ1n) is 6.69. The van der Waals surface area contributed by atoms with E-state index in [-0.39, 0.29) is 5.82 Å². The van der Waals surface area contributed by atoms with Gasteiger partial charge in [0, 0.05) is 23.5 Å². The Morgan fingerprint density at radius 2 is 1.83 bits per heavy atom. The van der Waals surface area contributed by atoms with Crippen molar-refractivity contribution >= 4 is 11.6 Å². The molecule has 0 amide bonds. The highest BCUT2D eigenvalue weighted by Crippen LogP contribution is 2.33. The largest absolute Gasteiger partial charge is 0.432 e. The SMILES string of the molecule is Cc1cncc(-c2ccc(-c3ncc(C(F)(F)F)[nH]3)c(Cl)c2)c1. The quantitative estimate of drug-likeness (QED) is 0.705. The fourth-order valence-electron chi connectivity index (χ4n) is 2.20. The molecule has 0 aliphatic heterocycles. The Morgan fingerprint density at radius 1 is 1.04 bits per heavy atom. The number of imidazole rings is 1. The Labute approximate surface area is 135 Å². The smallest absolute Gasteiger partial charge is 0.334 e. The third-order valence-electron chi connectivity index (χ3n) is 3.31. The van der Waals surface area contributed by atoms with Crippen LogP contribution < -0.4 is 0 Å². The Kier molecular flexibility index (Phi) is 3.85. The summed E-state index contributed by atoms with van der Waals surface area (Å²) in [5, 5.41) is 0.312. The molecule has 0 saturated heterocycles. The van der Waals surface area contributed by atoms with Crippen LogP contribution in [0.4, 0.5) is 13.2 Å². The zero-order valence-electron chi connectivity index (χ0n) is 11.9. The van der Waals surface area contributed by atoms with E-state index in [1.807, 2.05) is 13.0 Å². The van der Waals surface area contributed by atoms with E-state index in [9.17, 15) is 13.2 Å². The van der Waals surface area contributed by atoms with Gasteiger partial charge in [0.05, 0.1) is 11.2 Å². The highest BCUT2D eigenvalue weighted by molar-refractivity contribution is 6.33. The number of rotatable bonds is 2. The number of nitrogens with zero attached hydrogens (tertiary/aromatic N) is 2. The molecule has 0 fully saturated rings. The summed E-state index contributed by atoms with van der Waals surface area (Å²) in [6, 6.07) is 7.04. The lowest BCUT2D eigenvalue weighted by molar-refractivity contribution is -0.140. The van der Waals surface area contributed by atoms with Gasteiger partial charge >= 0.3 is 6.18 Å². The van der Waals surface area contributed by atoms with Crippen LogP contribution in [0.25, 0.3) is 22.5 Å². The first kappa shape index (κ1) is 15.6. The number of benzene rings is 1. The molecule has 0 atom stereocenters. The maximum atomic E-state index is 12.6. The molecule has 0 radical (unpaired) electrons. The number of alkyl halides is 3. The number of aromatic amines is 1. The summed E-state index contributed by atoms with van der Waals surface area (Å²) in [4.78, 5) is 10.1. The molecule has 2 aromatic heterocycles. The van der Waals surface area contributed by atoms with Crippen LogP contribution in [0, 0.1) is 6.92 Å². The second kappa shape index (κ2) is 5.70. The molecular weight excluding hydrogens is 327 g/mol. The van der Waals surface area contributed by atoms with Gasteiger partial charge in [0.15, 0.2) is 0 Å². The van der Waals surface area contributed by atoms with Crippen molar-refractivity contribution in [2.24, 2.45) is 0 Å².